The predicted molar refractivity (Wildman–Crippen MR) is 135 cm³/mol. The van der Waals surface area contributed by atoms with Gasteiger partial charge in [0.15, 0.2) is 0 Å². The van der Waals surface area contributed by atoms with Crippen LogP contribution in [0.15, 0.2) is 54.6 Å². The summed E-state index contributed by atoms with van der Waals surface area (Å²) in [5.41, 5.74) is 10.5. The van der Waals surface area contributed by atoms with Gasteiger partial charge in [-0.05, 0) is 30.2 Å². The van der Waals surface area contributed by atoms with Gasteiger partial charge in [0.2, 0.25) is 0 Å². The van der Waals surface area contributed by atoms with Gasteiger partial charge in [0, 0.05) is 18.2 Å². The molecule has 0 bridgehead atoms. The van der Waals surface area contributed by atoms with Gasteiger partial charge in [-0.25, -0.2) is 4.98 Å². The molecule has 0 fully saturated rings. The molecule has 0 aliphatic carbocycles. The summed E-state index contributed by atoms with van der Waals surface area (Å²) < 4.78 is 5.73. The molecule has 0 radical (unpaired) electrons. The Morgan fingerprint density at radius 2 is 1.73 bits per heavy atom. The van der Waals surface area contributed by atoms with Crippen molar-refractivity contribution >= 4 is 47.7 Å². The minimum Gasteiger partial charge on any atom is -0.495 e. The number of aryl methyl sites for hydroxylation is 1. The third-order valence-corrected chi connectivity index (χ3v) is 5.19. The summed E-state index contributed by atoms with van der Waals surface area (Å²) in [5.74, 6) is -0.174. The standard InChI is InChI=1S/C24H22N4O3.2ClH/c1-13-27-18-11-7-10-15(21(18)28-13)19-16(14-8-5-4-6-9-14)12-17(24(30)26-2)20(23(25)29)22(19)31-3;;/h4-12H,1-3H3,(H2,25,29)(H,26,30)(H,27,28);2*1H. The molecule has 172 valence electrons. The summed E-state index contributed by atoms with van der Waals surface area (Å²) in [5, 5.41) is 2.58. The molecule has 3 aromatic carbocycles. The highest BCUT2D eigenvalue weighted by atomic mass is 35.5. The molecule has 4 N–H and O–H groups in total. The number of H-pyrrole nitrogens is 1. The van der Waals surface area contributed by atoms with Gasteiger partial charge in [0.25, 0.3) is 11.8 Å². The minimum absolute atomic E-state index is 0. The molecule has 9 heteroatoms. The molecule has 1 aromatic heterocycles. The molecule has 0 aliphatic heterocycles. The first-order valence-corrected chi connectivity index (χ1v) is 9.74. The van der Waals surface area contributed by atoms with Crippen molar-refractivity contribution in [3.05, 3.63) is 71.5 Å². The lowest BCUT2D eigenvalue weighted by atomic mass is 9.87. The molecule has 33 heavy (non-hydrogen) atoms. The van der Waals surface area contributed by atoms with E-state index in [0.717, 1.165) is 33.5 Å². The zero-order valence-electron chi connectivity index (χ0n) is 18.3. The normalized spacial score (nSPS) is 10.2. The van der Waals surface area contributed by atoms with Crippen molar-refractivity contribution in [2.75, 3.05) is 14.2 Å². The number of rotatable bonds is 5. The Morgan fingerprint density at radius 3 is 2.33 bits per heavy atom. The number of nitrogens with one attached hydrogen (secondary N) is 2. The summed E-state index contributed by atoms with van der Waals surface area (Å²) >= 11 is 0. The number of amides is 2. The van der Waals surface area contributed by atoms with E-state index >= 15 is 0 Å². The number of ether oxygens (including phenoxy) is 1. The Hall–Kier alpha value is -3.55. The fourth-order valence-corrected chi connectivity index (χ4v) is 3.89. The van der Waals surface area contributed by atoms with Gasteiger partial charge in [-0.3, -0.25) is 9.59 Å². The summed E-state index contributed by atoms with van der Waals surface area (Å²) in [7, 11) is 2.96. The van der Waals surface area contributed by atoms with Crippen molar-refractivity contribution in [2.24, 2.45) is 5.73 Å². The number of carbonyl (C=O) groups excluding carboxylic acids is 2. The number of halogens is 2. The molecule has 0 saturated heterocycles. The first-order chi connectivity index (χ1) is 15.0. The Bertz CT molecular complexity index is 1320. The highest BCUT2D eigenvalue weighted by Crippen LogP contribution is 2.45. The van der Waals surface area contributed by atoms with E-state index in [4.69, 9.17) is 10.5 Å². The zero-order valence-corrected chi connectivity index (χ0v) is 19.9. The maximum atomic E-state index is 12.7. The molecule has 0 atom stereocenters. The van der Waals surface area contributed by atoms with Gasteiger partial charge < -0.3 is 20.8 Å². The quantitative estimate of drug-likeness (QED) is 0.385. The van der Waals surface area contributed by atoms with Gasteiger partial charge in [0.05, 0.1) is 29.3 Å². The lowest BCUT2D eigenvalue weighted by Gasteiger charge is -2.20. The van der Waals surface area contributed by atoms with Crippen LogP contribution in [0, 0.1) is 6.92 Å². The van der Waals surface area contributed by atoms with E-state index in [1.54, 1.807) is 6.07 Å². The lowest BCUT2D eigenvalue weighted by molar-refractivity contribution is 0.0941. The van der Waals surface area contributed by atoms with Crippen LogP contribution in [0.1, 0.15) is 26.5 Å². The predicted octanol–water partition coefficient (Wildman–Crippen LogP) is 4.52. The van der Waals surface area contributed by atoms with Crippen LogP contribution in [0.4, 0.5) is 0 Å². The molecule has 0 unspecified atom stereocenters. The van der Waals surface area contributed by atoms with Gasteiger partial charge in [-0.15, -0.1) is 24.8 Å². The van der Waals surface area contributed by atoms with Gasteiger partial charge in [0.1, 0.15) is 11.6 Å². The monoisotopic (exact) mass is 486 g/mol. The average Bonchev–Trinajstić information content (AvgIpc) is 3.17. The number of imidazole rings is 1. The third-order valence-electron chi connectivity index (χ3n) is 5.19. The molecule has 0 saturated carbocycles. The second-order valence-corrected chi connectivity index (χ2v) is 7.09. The number of aromatic nitrogens is 2. The van der Waals surface area contributed by atoms with Crippen molar-refractivity contribution in [3.63, 3.8) is 0 Å². The maximum absolute atomic E-state index is 12.7. The van der Waals surface area contributed by atoms with Crippen LogP contribution in [0.25, 0.3) is 33.3 Å². The second-order valence-electron chi connectivity index (χ2n) is 7.09. The molecular weight excluding hydrogens is 463 g/mol. The number of hydrogen-bond acceptors (Lipinski definition) is 4. The highest BCUT2D eigenvalue weighted by Gasteiger charge is 2.28. The topological polar surface area (TPSA) is 110 Å². The van der Waals surface area contributed by atoms with E-state index in [2.05, 4.69) is 15.3 Å². The number of primary amides is 1. The molecule has 0 spiro atoms. The zero-order chi connectivity index (χ0) is 22.1. The number of fused-ring (bicyclic) bond motifs is 1. The summed E-state index contributed by atoms with van der Waals surface area (Å²) in [6.07, 6.45) is 0. The molecule has 4 aromatic rings. The molecule has 2 amide bonds. The highest BCUT2D eigenvalue weighted by molar-refractivity contribution is 6.13. The van der Waals surface area contributed by atoms with Crippen molar-refractivity contribution in [1.29, 1.82) is 0 Å². The second kappa shape index (κ2) is 10.4. The minimum atomic E-state index is -0.748. The number of aromatic amines is 1. The van der Waals surface area contributed by atoms with Crippen LogP contribution in [-0.4, -0.2) is 35.9 Å². The van der Waals surface area contributed by atoms with Crippen molar-refractivity contribution < 1.29 is 14.3 Å². The molecular formula is C24H24Cl2N4O3. The van der Waals surface area contributed by atoms with E-state index in [-0.39, 0.29) is 41.7 Å². The van der Waals surface area contributed by atoms with Crippen LogP contribution in [-0.2, 0) is 0 Å². The van der Waals surface area contributed by atoms with E-state index in [1.807, 2.05) is 55.5 Å². The molecule has 0 aliphatic rings. The van der Waals surface area contributed by atoms with E-state index in [0.29, 0.717) is 5.56 Å². The van der Waals surface area contributed by atoms with Gasteiger partial charge in [-0.1, -0.05) is 42.5 Å². The van der Waals surface area contributed by atoms with Gasteiger partial charge in [-0.2, -0.15) is 0 Å². The fourth-order valence-electron chi connectivity index (χ4n) is 3.89. The SMILES string of the molecule is CNC(=O)c1cc(-c2ccccc2)c(-c2cccc3[nH]c(C)nc23)c(OC)c1C(N)=O.Cl.Cl. The summed E-state index contributed by atoms with van der Waals surface area (Å²) in [6, 6.07) is 17.0. The van der Waals surface area contributed by atoms with Crippen molar-refractivity contribution in [2.45, 2.75) is 6.92 Å². The Kier molecular flexibility index (Phi) is 8.08. The number of nitrogens with two attached hydrogens (primary N) is 1. The third kappa shape index (κ3) is 4.51. The first kappa shape index (κ1) is 25.7. The first-order valence-electron chi connectivity index (χ1n) is 9.74. The van der Waals surface area contributed by atoms with Crippen LogP contribution >= 0.6 is 24.8 Å². The number of carbonyl (C=O) groups is 2. The number of benzene rings is 3. The van der Waals surface area contributed by atoms with Crippen LogP contribution in [0.2, 0.25) is 0 Å². The van der Waals surface area contributed by atoms with Crippen LogP contribution in [0.3, 0.4) is 0 Å². The average molecular weight is 487 g/mol. The molecule has 1 heterocycles. The molecule has 7 nitrogen and oxygen atoms in total. The number of nitrogens with zero attached hydrogens (tertiary/aromatic N) is 1. The van der Waals surface area contributed by atoms with E-state index in [9.17, 15) is 9.59 Å². The lowest BCUT2D eigenvalue weighted by Crippen LogP contribution is -2.25. The fraction of sp³-hybridized carbons (Fsp3) is 0.125. The largest absolute Gasteiger partial charge is 0.495 e. The van der Waals surface area contributed by atoms with Crippen molar-refractivity contribution in [3.8, 4) is 28.0 Å². The van der Waals surface area contributed by atoms with Crippen molar-refractivity contribution in [1.82, 2.24) is 15.3 Å². The number of para-hydroxylation sites is 1. The van der Waals surface area contributed by atoms with E-state index in [1.165, 1.54) is 14.2 Å². The Labute approximate surface area is 203 Å². The van der Waals surface area contributed by atoms with Crippen LogP contribution < -0.4 is 15.8 Å². The summed E-state index contributed by atoms with van der Waals surface area (Å²) in [6.45, 7) is 1.88. The Morgan fingerprint density at radius 1 is 1.03 bits per heavy atom. The van der Waals surface area contributed by atoms with E-state index < -0.39 is 11.8 Å². The smallest absolute Gasteiger partial charge is 0.253 e. The number of hydrogen-bond donors (Lipinski definition) is 3. The van der Waals surface area contributed by atoms with Gasteiger partial charge >= 0.3 is 0 Å². The number of methoxy groups -OCH3 is 1. The molecule has 4 rings (SSSR count). The summed E-state index contributed by atoms with van der Waals surface area (Å²) in [4.78, 5) is 33.0. The Balaban J connectivity index is 0.00000193. The van der Waals surface area contributed by atoms with Crippen LogP contribution in [0.5, 0.6) is 5.75 Å². The maximum Gasteiger partial charge on any atom is 0.253 e.